The van der Waals surface area contributed by atoms with Gasteiger partial charge in [-0.25, -0.2) is 0 Å². The number of aryl methyl sites for hydroxylation is 1. The molecule has 1 aliphatic rings. The molecular formula is C14H20N2O3. The van der Waals surface area contributed by atoms with Crippen molar-refractivity contribution in [2.75, 3.05) is 18.1 Å². The van der Waals surface area contributed by atoms with Gasteiger partial charge in [0.05, 0.1) is 17.6 Å². The molecule has 1 unspecified atom stereocenters. The molecule has 104 valence electrons. The molecule has 1 aromatic rings. The van der Waals surface area contributed by atoms with E-state index in [2.05, 4.69) is 0 Å². The van der Waals surface area contributed by atoms with E-state index in [1.165, 1.54) is 0 Å². The molecular weight excluding hydrogens is 244 g/mol. The summed E-state index contributed by atoms with van der Waals surface area (Å²) in [4.78, 5) is 12.9. The first-order valence-corrected chi connectivity index (χ1v) is 6.76. The number of nitro groups is 1. The number of hydrogen-bond acceptors (Lipinski definition) is 4. The third kappa shape index (κ3) is 2.87. The van der Waals surface area contributed by atoms with Gasteiger partial charge < -0.3 is 10.0 Å². The van der Waals surface area contributed by atoms with Crippen LogP contribution in [-0.2, 0) is 0 Å². The highest BCUT2D eigenvalue weighted by atomic mass is 16.6. The van der Waals surface area contributed by atoms with E-state index in [1.807, 2.05) is 17.9 Å². The van der Waals surface area contributed by atoms with Crippen LogP contribution in [0.3, 0.4) is 0 Å². The maximum atomic E-state index is 11.2. The average Bonchev–Trinajstić information content (AvgIpc) is 2.63. The van der Waals surface area contributed by atoms with Gasteiger partial charge in [0.2, 0.25) is 0 Å². The van der Waals surface area contributed by atoms with Gasteiger partial charge >= 0.3 is 0 Å². The molecule has 1 aliphatic heterocycles. The molecule has 1 saturated heterocycles. The molecule has 0 radical (unpaired) electrons. The number of para-hydroxylation sites is 1. The number of hydrogen-bond donors (Lipinski definition) is 1. The van der Waals surface area contributed by atoms with E-state index in [-0.39, 0.29) is 23.3 Å². The van der Waals surface area contributed by atoms with Crippen LogP contribution >= 0.6 is 0 Å². The number of aliphatic hydroxyl groups excluding tert-OH is 1. The molecule has 0 aliphatic carbocycles. The molecule has 0 spiro atoms. The lowest BCUT2D eigenvalue weighted by molar-refractivity contribution is -0.384. The molecule has 0 bridgehead atoms. The van der Waals surface area contributed by atoms with Crippen molar-refractivity contribution in [3.8, 4) is 0 Å². The standard InChI is InChI=1S/C14H20N2O3/c1-11-6-5-8-13(16(18)19)14(11)15-9-4-2-3-7-12(15)10-17/h5-6,8,12,17H,2-4,7,9-10H2,1H3. The SMILES string of the molecule is Cc1cccc([N+](=O)[O-])c1N1CCCCCC1CO. The molecule has 1 aromatic carbocycles. The van der Waals surface area contributed by atoms with E-state index >= 15 is 0 Å². The summed E-state index contributed by atoms with van der Waals surface area (Å²) in [6.45, 7) is 2.71. The fourth-order valence-electron chi connectivity index (χ4n) is 2.83. The Balaban J connectivity index is 2.45. The molecule has 1 fully saturated rings. The van der Waals surface area contributed by atoms with Crippen molar-refractivity contribution < 1.29 is 10.0 Å². The van der Waals surface area contributed by atoms with Gasteiger partial charge in [-0.3, -0.25) is 10.1 Å². The number of rotatable bonds is 3. The lowest BCUT2D eigenvalue weighted by atomic mass is 10.1. The van der Waals surface area contributed by atoms with Crippen LogP contribution in [0, 0.1) is 17.0 Å². The van der Waals surface area contributed by atoms with Crippen molar-refractivity contribution in [2.45, 2.75) is 38.6 Å². The van der Waals surface area contributed by atoms with Gasteiger partial charge in [-0.15, -0.1) is 0 Å². The first-order chi connectivity index (χ1) is 9.15. The van der Waals surface area contributed by atoms with Crippen LogP contribution in [0.5, 0.6) is 0 Å². The van der Waals surface area contributed by atoms with Crippen LogP contribution in [-0.4, -0.2) is 29.2 Å². The van der Waals surface area contributed by atoms with Gasteiger partial charge in [0.1, 0.15) is 5.69 Å². The summed E-state index contributed by atoms with van der Waals surface area (Å²) in [6.07, 6.45) is 4.10. The molecule has 5 heteroatoms. The highest BCUT2D eigenvalue weighted by Crippen LogP contribution is 2.35. The van der Waals surface area contributed by atoms with Crippen molar-refractivity contribution in [3.63, 3.8) is 0 Å². The van der Waals surface area contributed by atoms with Gasteiger partial charge in [0, 0.05) is 12.6 Å². The highest BCUT2D eigenvalue weighted by Gasteiger charge is 2.27. The number of aliphatic hydroxyl groups is 1. The second-order valence-corrected chi connectivity index (χ2v) is 5.08. The molecule has 2 rings (SSSR count). The summed E-state index contributed by atoms with van der Waals surface area (Å²) in [6, 6.07) is 5.13. The smallest absolute Gasteiger partial charge is 0.292 e. The van der Waals surface area contributed by atoms with Crippen LogP contribution in [0.25, 0.3) is 0 Å². The summed E-state index contributed by atoms with van der Waals surface area (Å²) >= 11 is 0. The molecule has 1 heterocycles. The third-order valence-corrected chi connectivity index (χ3v) is 3.79. The maximum absolute atomic E-state index is 11.2. The zero-order valence-electron chi connectivity index (χ0n) is 11.2. The van der Waals surface area contributed by atoms with Crippen molar-refractivity contribution in [2.24, 2.45) is 0 Å². The highest BCUT2D eigenvalue weighted by molar-refractivity contribution is 5.68. The van der Waals surface area contributed by atoms with E-state index in [0.29, 0.717) is 5.69 Å². The van der Waals surface area contributed by atoms with Crippen LogP contribution in [0.4, 0.5) is 11.4 Å². The Bertz CT molecular complexity index is 462. The lowest BCUT2D eigenvalue weighted by Gasteiger charge is -2.31. The minimum atomic E-state index is -0.332. The first kappa shape index (κ1) is 13.8. The fourth-order valence-corrected chi connectivity index (χ4v) is 2.83. The Labute approximate surface area is 113 Å². The Morgan fingerprint density at radius 1 is 1.42 bits per heavy atom. The largest absolute Gasteiger partial charge is 0.394 e. The number of anilines is 1. The molecule has 1 atom stereocenters. The van der Waals surface area contributed by atoms with Crippen LogP contribution < -0.4 is 4.90 Å². The number of nitro benzene ring substituents is 1. The predicted molar refractivity (Wildman–Crippen MR) is 74.5 cm³/mol. The molecule has 19 heavy (non-hydrogen) atoms. The summed E-state index contributed by atoms with van der Waals surface area (Å²) in [5.74, 6) is 0. The van der Waals surface area contributed by atoms with E-state index < -0.39 is 0 Å². The third-order valence-electron chi connectivity index (χ3n) is 3.79. The Morgan fingerprint density at radius 2 is 2.21 bits per heavy atom. The number of benzene rings is 1. The molecule has 0 saturated carbocycles. The maximum Gasteiger partial charge on any atom is 0.292 e. The van der Waals surface area contributed by atoms with E-state index in [1.54, 1.807) is 12.1 Å². The van der Waals surface area contributed by atoms with Gasteiger partial charge in [0.15, 0.2) is 0 Å². The monoisotopic (exact) mass is 264 g/mol. The van der Waals surface area contributed by atoms with Gasteiger partial charge in [-0.2, -0.15) is 0 Å². The summed E-state index contributed by atoms with van der Waals surface area (Å²) in [5.41, 5.74) is 1.71. The molecule has 0 amide bonds. The lowest BCUT2D eigenvalue weighted by Crippen LogP contribution is -2.38. The van der Waals surface area contributed by atoms with Crippen LogP contribution in [0.1, 0.15) is 31.2 Å². The van der Waals surface area contributed by atoms with Crippen molar-refractivity contribution >= 4 is 11.4 Å². The summed E-state index contributed by atoms with van der Waals surface area (Å²) in [5, 5.41) is 20.8. The normalized spacial score (nSPS) is 20.1. The van der Waals surface area contributed by atoms with Crippen molar-refractivity contribution in [1.29, 1.82) is 0 Å². The number of nitrogens with zero attached hydrogens (tertiary/aromatic N) is 2. The molecule has 5 nitrogen and oxygen atoms in total. The first-order valence-electron chi connectivity index (χ1n) is 6.76. The average molecular weight is 264 g/mol. The second kappa shape index (κ2) is 6.02. The predicted octanol–water partition coefficient (Wildman–Crippen LogP) is 2.64. The van der Waals surface area contributed by atoms with Crippen molar-refractivity contribution in [1.82, 2.24) is 0 Å². The van der Waals surface area contributed by atoms with Gasteiger partial charge in [-0.05, 0) is 25.3 Å². The summed E-state index contributed by atoms with van der Waals surface area (Å²) in [7, 11) is 0. The van der Waals surface area contributed by atoms with Gasteiger partial charge in [0.25, 0.3) is 5.69 Å². The van der Waals surface area contributed by atoms with Gasteiger partial charge in [-0.1, -0.05) is 25.0 Å². The Kier molecular flexibility index (Phi) is 4.37. The quantitative estimate of drug-likeness (QED) is 0.673. The van der Waals surface area contributed by atoms with Crippen LogP contribution in [0.15, 0.2) is 18.2 Å². The van der Waals surface area contributed by atoms with Crippen molar-refractivity contribution in [3.05, 3.63) is 33.9 Å². The Hall–Kier alpha value is -1.62. The minimum absolute atomic E-state index is 0.0118. The molecule has 0 aromatic heterocycles. The fraction of sp³-hybridized carbons (Fsp3) is 0.571. The summed E-state index contributed by atoms with van der Waals surface area (Å²) < 4.78 is 0. The molecule has 1 N–H and O–H groups in total. The zero-order valence-corrected chi connectivity index (χ0v) is 11.2. The second-order valence-electron chi connectivity index (χ2n) is 5.08. The van der Waals surface area contributed by atoms with E-state index in [0.717, 1.165) is 37.8 Å². The van der Waals surface area contributed by atoms with E-state index in [9.17, 15) is 15.2 Å². The minimum Gasteiger partial charge on any atom is -0.394 e. The van der Waals surface area contributed by atoms with E-state index in [4.69, 9.17) is 0 Å². The topological polar surface area (TPSA) is 66.6 Å². The van der Waals surface area contributed by atoms with Crippen LogP contribution in [0.2, 0.25) is 0 Å². The Morgan fingerprint density at radius 3 is 2.89 bits per heavy atom. The zero-order chi connectivity index (χ0) is 13.8.